The first-order valence-corrected chi connectivity index (χ1v) is 16.5. The third kappa shape index (κ3) is 5.53. The molecular formula is C34H40N2O4S2. The van der Waals surface area contributed by atoms with Gasteiger partial charge in [-0.05, 0) is 84.5 Å². The predicted molar refractivity (Wildman–Crippen MR) is 170 cm³/mol. The Bertz CT molecular complexity index is 1580. The number of hydrogen-bond donors (Lipinski definition) is 2. The molecule has 0 fully saturated rings. The molecule has 3 aliphatic heterocycles. The van der Waals surface area contributed by atoms with Crippen LogP contribution >= 0.6 is 22.7 Å². The number of nitrogens with zero attached hydrogens (tertiary/aromatic N) is 2. The Morgan fingerprint density at radius 1 is 0.905 bits per heavy atom. The summed E-state index contributed by atoms with van der Waals surface area (Å²) in [5.74, 6) is 1.74. The molecule has 7 rings (SSSR count). The Kier molecular flexibility index (Phi) is 8.50. The van der Waals surface area contributed by atoms with Crippen molar-refractivity contribution < 1.29 is 19.7 Å². The van der Waals surface area contributed by atoms with E-state index in [1.807, 2.05) is 28.7 Å². The summed E-state index contributed by atoms with van der Waals surface area (Å²) in [7, 11) is 3.26. The normalized spacial score (nSPS) is 17.8. The molecule has 0 bridgehead atoms. The summed E-state index contributed by atoms with van der Waals surface area (Å²) in [6, 6.07) is 12.6. The van der Waals surface area contributed by atoms with E-state index in [1.165, 1.54) is 26.4 Å². The molecule has 2 N–H and O–H groups in total. The van der Waals surface area contributed by atoms with Crippen LogP contribution in [-0.4, -0.2) is 47.3 Å². The number of aromatic hydroxyl groups is 2. The summed E-state index contributed by atoms with van der Waals surface area (Å²) in [6.45, 7) is 9.13. The second-order valence-corrected chi connectivity index (χ2v) is 13.6. The summed E-state index contributed by atoms with van der Waals surface area (Å²) >= 11 is 3.85. The molecule has 42 heavy (non-hydrogen) atoms. The number of hydrogen-bond acceptors (Lipinski definition) is 8. The van der Waals surface area contributed by atoms with Crippen molar-refractivity contribution in [2.75, 3.05) is 27.3 Å². The average Bonchev–Trinajstić information content (AvgIpc) is 3.65. The van der Waals surface area contributed by atoms with Crippen LogP contribution in [0.15, 0.2) is 41.8 Å². The third-order valence-corrected chi connectivity index (χ3v) is 11.3. The zero-order valence-corrected chi connectivity index (χ0v) is 26.5. The van der Waals surface area contributed by atoms with Gasteiger partial charge in [0.05, 0.1) is 14.2 Å². The van der Waals surface area contributed by atoms with Crippen LogP contribution in [0.1, 0.15) is 61.0 Å². The van der Waals surface area contributed by atoms with Crippen LogP contribution in [0, 0.1) is 6.92 Å². The highest BCUT2D eigenvalue weighted by Gasteiger charge is 2.35. The summed E-state index contributed by atoms with van der Waals surface area (Å²) < 4.78 is 10.8. The fourth-order valence-corrected chi connectivity index (χ4v) is 8.68. The molecule has 1 unspecified atom stereocenters. The van der Waals surface area contributed by atoms with Crippen molar-refractivity contribution in [2.45, 2.75) is 65.2 Å². The lowest BCUT2D eigenvalue weighted by Gasteiger charge is -2.40. The van der Waals surface area contributed by atoms with Gasteiger partial charge in [-0.1, -0.05) is 19.1 Å². The maximum atomic E-state index is 10.0. The van der Waals surface area contributed by atoms with Crippen LogP contribution in [0.25, 0.3) is 0 Å². The molecular weight excluding hydrogens is 565 g/mol. The van der Waals surface area contributed by atoms with E-state index < -0.39 is 0 Å². The summed E-state index contributed by atoms with van der Waals surface area (Å²) in [4.78, 5) is 9.55. The Labute approximate surface area is 256 Å². The van der Waals surface area contributed by atoms with Gasteiger partial charge in [-0.25, -0.2) is 0 Å². The van der Waals surface area contributed by atoms with E-state index in [4.69, 9.17) is 9.47 Å². The highest BCUT2D eigenvalue weighted by molar-refractivity contribution is 7.12. The minimum absolute atomic E-state index is 0.223. The number of phenolic OH excluding ortho intramolecular Hbond substituents is 2. The molecule has 2 aromatic carbocycles. The Morgan fingerprint density at radius 3 is 2.45 bits per heavy atom. The molecule has 2 aromatic heterocycles. The average molecular weight is 605 g/mol. The van der Waals surface area contributed by atoms with Gasteiger partial charge < -0.3 is 19.7 Å². The first-order valence-electron chi connectivity index (χ1n) is 14.8. The van der Waals surface area contributed by atoms with Crippen molar-refractivity contribution >= 4 is 22.7 Å². The van der Waals surface area contributed by atoms with E-state index >= 15 is 0 Å². The molecule has 0 amide bonds. The van der Waals surface area contributed by atoms with Gasteiger partial charge in [-0.15, -0.1) is 22.7 Å². The van der Waals surface area contributed by atoms with E-state index in [2.05, 4.69) is 47.2 Å². The van der Waals surface area contributed by atoms with Gasteiger partial charge in [-0.2, -0.15) is 0 Å². The lowest BCUT2D eigenvalue weighted by atomic mass is 9.86. The van der Waals surface area contributed by atoms with E-state index in [-0.39, 0.29) is 11.5 Å². The molecule has 3 aliphatic rings. The van der Waals surface area contributed by atoms with Crippen LogP contribution in [0.3, 0.4) is 0 Å². The summed E-state index contributed by atoms with van der Waals surface area (Å²) in [5, 5.41) is 22.1. The van der Waals surface area contributed by atoms with Gasteiger partial charge in [0, 0.05) is 64.5 Å². The van der Waals surface area contributed by atoms with Crippen molar-refractivity contribution in [3.05, 3.63) is 89.8 Å². The monoisotopic (exact) mass is 604 g/mol. The number of methoxy groups -OCH3 is 2. The first-order chi connectivity index (χ1) is 20.4. The SMILES string of the molecule is CCc1cc2c(s1)CCN1Cc3c(ccc(O)c3OC)CC21.COc1c(O)ccc(C)c1CN1CCc2sccc2C1. The highest BCUT2D eigenvalue weighted by Crippen LogP contribution is 2.45. The molecule has 222 valence electrons. The van der Waals surface area contributed by atoms with Gasteiger partial charge in [0.15, 0.2) is 23.0 Å². The van der Waals surface area contributed by atoms with Gasteiger partial charge in [0.2, 0.25) is 0 Å². The molecule has 0 saturated heterocycles. The highest BCUT2D eigenvalue weighted by atomic mass is 32.1. The number of benzene rings is 2. The number of aryl methyl sites for hydroxylation is 2. The minimum Gasteiger partial charge on any atom is -0.504 e. The molecule has 6 nitrogen and oxygen atoms in total. The maximum absolute atomic E-state index is 10.0. The topological polar surface area (TPSA) is 65.4 Å². The number of phenols is 2. The van der Waals surface area contributed by atoms with Gasteiger partial charge >= 0.3 is 0 Å². The minimum atomic E-state index is 0.223. The van der Waals surface area contributed by atoms with Crippen LogP contribution in [-0.2, 0) is 45.3 Å². The molecule has 1 atom stereocenters. The smallest absolute Gasteiger partial charge is 0.165 e. The molecule has 0 aliphatic carbocycles. The fourth-order valence-electron chi connectivity index (χ4n) is 6.64. The van der Waals surface area contributed by atoms with Crippen LogP contribution in [0.4, 0.5) is 0 Å². The first kappa shape index (κ1) is 29.1. The van der Waals surface area contributed by atoms with E-state index in [1.54, 1.807) is 31.2 Å². The lowest BCUT2D eigenvalue weighted by Crippen LogP contribution is -2.38. The van der Waals surface area contributed by atoms with Crippen LogP contribution in [0.5, 0.6) is 23.0 Å². The van der Waals surface area contributed by atoms with Gasteiger partial charge in [0.25, 0.3) is 0 Å². The third-order valence-electron chi connectivity index (χ3n) is 8.93. The zero-order valence-electron chi connectivity index (χ0n) is 24.9. The largest absolute Gasteiger partial charge is 0.504 e. The van der Waals surface area contributed by atoms with Crippen molar-refractivity contribution in [3.63, 3.8) is 0 Å². The number of thiophene rings is 2. The van der Waals surface area contributed by atoms with Gasteiger partial charge in [-0.3, -0.25) is 9.80 Å². The molecule has 5 heterocycles. The Hall–Kier alpha value is -3.04. The molecule has 8 heteroatoms. The van der Waals surface area contributed by atoms with Crippen molar-refractivity contribution in [1.29, 1.82) is 0 Å². The van der Waals surface area contributed by atoms with Crippen molar-refractivity contribution in [2.24, 2.45) is 0 Å². The van der Waals surface area contributed by atoms with Crippen LogP contribution in [0.2, 0.25) is 0 Å². The van der Waals surface area contributed by atoms with Gasteiger partial charge in [0.1, 0.15) is 0 Å². The quantitative estimate of drug-likeness (QED) is 0.256. The van der Waals surface area contributed by atoms with E-state index in [9.17, 15) is 10.2 Å². The number of rotatable bonds is 5. The molecule has 4 aromatic rings. The molecule has 0 spiro atoms. The molecule has 0 radical (unpaired) electrons. The van der Waals surface area contributed by atoms with E-state index in [0.29, 0.717) is 17.5 Å². The Morgan fingerprint density at radius 2 is 1.67 bits per heavy atom. The van der Waals surface area contributed by atoms with Crippen LogP contribution < -0.4 is 9.47 Å². The van der Waals surface area contributed by atoms with E-state index in [0.717, 1.165) is 75.1 Å². The summed E-state index contributed by atoms with van der Waals surface area (Å²) in [6.07, 6.45) is 4.40. The van der Waals surface area contributed by atoms with Crippen molar-refractivity contribution in [3.8, 4) is 23.0 Å². The number of ether oxygens (including phenoxy) is 2. The zero-order chi connectivity index (χ0) is 29.4. The Balaban J connectivity index is 0.000000151. The summed E-state index contributed by atoms with van der Waals surface area (Å²) in [5.41, 5.74) is 7.70. The number of fused-ring (bicyclic) bond motifs is 5. The van der Waals surface area contributed by atoms with Crippen molar-refractivity contribution in [1.82, 2.24) is 9.80 Å². The second kappa shape index (κ2) is 12.3. The second-order valence-electron chi connectivity index (χ2n) is 11.4. The maximum Gasteiger partial charge on any atom is 0.165 e. The molecule has 0 saturated carbocycles. The fraction of sp³-hybridized carbons (Fsp3) is 0.412. The lowest BCUT2D eigenvalue weighted by molar-refractivity contribution is 0.159. The standard InChI is InChI=1S/C18H21NO2S.C16H19NO2S/c1-3-12-9-13-15-8-11-4-5-16(20)18(21-2)14(11)10-19(15)7-6-17(13)22-12;1-11-3-4-14(18)16(19-2)13(11)10-17-7-5-15-12(9-17)6-8-20-15/h4-5,9,15,20H,3,6-8,10H2,1-2H3;3-4,6,8,18H,5,7,9-10H2,1-2H3. The predicted octanol–water partition coefficient (Wildman–Crippen LogP) is 7.01.